The van der Waals surface area contributed by atoms with E-state index in [0.717, 1.165) is 32.4 Å². The van der Waals surface area contributed by atoms with Crippen molar-refractivity contribution in [3.05, 3.63) is 18.7 Å². The lowest BCUT2D eigenvalue weighted by Crippen LogP contribution is -2.46. The average Bonchev–Trinajstić information content (AvgIpc) is 3.08. The number of hydrogen-bond acceptors (Lipinski definition) is 3. The van der Waals surface area contributed by atoms with E-state index in [1.807, 2.05) is 12.5 Å². The summed E-state index contributed by atoms with van der Waals surface area (Å²) in [5.74, 6) is 0.203. The Morgan fingerprint density at radius 3 is 3.11 bits per heavy atom. The highest BCUT2D eigenvalue weighted by atomic mass is 16.2. The Balaban J connectivity index is 1.67. The zero-order valence-corrected chi connectivity index (χ0v) is 11.4. The first kappa shape index (κ1) is 12.7. The van der Waals surface area contributed by atoms with Gasteiger partial charge in [0.15, 0.2) is 0 Å². The van der Waals surface area contributed by atoms with Gasteiger partial charge in [0.1, 0.15) is 0 Å². The zero-order valence-electron chi connectivity index (χ0n) is 11.4. The van der Waals surface area contributed by atoms with Crippen molar-refractivity contribution in [1.82, 2.24) is 20.2 Å². The molecule has 2 N–H and O–H groups in total. The van der Waals surface area contributed by atoms with Crippen LogP contribution in [0.4, 0.5) is 0 Å². The van der Waals surface area contributed by atoms with Gasteiger partial charge < -0.3 is 15.2 Å². The maximum absolute atomic E-state index is 12.5. The number of nitrogens with one attached hydrogen (secondary N) is 2. The Labute approximate surface area is 113 Å². The smallest absolute Gasteiger partial charge is 0.227 e. The molecule has 1 aromatic heterocycles. The van der Waals surface area contributed by atoms with Gasteiger partial charge in [-0.15, -0.1) is 0 Å². The van der Waals surface area contributed by atoms with E-state index < -0.39 is 0 Å². The van der Waals surface area contributed by atoms with Gasteiger partial charge in [-0.2, -0.15) is 0 Å². The minimum Gasteiger partial charge on any atom is -0.351 e. The molecule has 0 spiro atoms. The van der Waals surface area contributed by atoms with Crippen LogP contribution < -0.4 is 10.6 Å². The Hall–Kier alpha value is -1.36. The first-order valence-electron chi connectivity index (χ1n) is 7.18. The number of carbonyl (C=O) groups excluding carboxylic acids is 1. The maximum Gasteiger partial charge on any atom is 0.227 e. The molecule has 0 radical (unpaired) electrons. The summed E-state index contributed by atoms with van der Waals surface area (Å²) in [7, 11) is 0. The number of aromatic nitrogens is 2. The third kappa shape index (κ3) is 2.39. The monoisotopic (exact) mass is 262 g/mol. The summed E-state index contributed by atoms with van der Waals surface area (Å²) < 4.78 is 2.13. The van der Waals surface area contributed by atoms with Crippen LogP contribution in [0.5, 0.6) is 0 Å². The standard InChI is InChI=1S/C14H22N4O/c1-14(5-6-15-9-14)13(19)17-11-3-2-4-12(11)18-8-7-16-10-18/h7-8,10-12,15H,2-6,9H2,1H3,(H,17,19). The second kappa shape index (κ2) is 4.96. The van der Waals surface area contributed by atoms with Crippen molar-refractivity contribution in [3.8, 4) is 0 Å². The number of rotatable bonds is 3. The fourth-order valence-corrected chi connectivity index (χ4v) is 3.28. The van der Waals surface area contributed by atoms with Crippen LogP contribution in [0.25, 0.3) is 0 Å². The van der Waals surface area contributed by atoms with Gasteiger partial charge in [0.05, 0.1) is 17.8 Å². The Kier molecular flexibility index (Phi) is 3.31. The van der Waals surface area contributed by atoms with Gasteiger partial charge >= 0.3 is 0 Å². The number of amides is 1. The molecule has 104 valence electrons. The Bertz CT molecular complexity index is 436. The number of carbonyl (C=O) groups is 1. The van der Waals surface area contributed by atoms with E-state index in [1.54, 1.807) is 6.20 Å². The molecule has 19 heavy (non-hydrogen) atoms. The van der Waals surface area contributed by atoms with E-state index in [0.29, 0.717) is 6.04 Å². The zero-order chi connectivity index (χ0) is 13.3. The summed E-state index contributed by atoms with van der Waals surface area (Å²) in [4.78, 5) is 16.6. The molecule has 2 heterocycles. The molecule has 0 bridgehead atoms. The van der Waals surface area contributed by atoms with E-state index >= 15 is 0 Å². The lowest BCUT2D eigenvalue weighted by Gasteiger charge is -2.28. The fraction of sp³-hybridized carbons (Fsp3) is 0.714. The number of hydrogen-bond donors (Lipinski definition) is 2. The van der Waals surface area contributed by atoms with Crippen LogP contribution in [0.15, 0.2) is 18.7 Å². The van der Waals surface area contributed by atoms with Crippen molar-refractivity contribution in [1.29, 1.82) is 0 Å². The first-order valence-corrected chi connectivity index (χ1v) is 7.18. The van der Waals surface area contributed by atoms with Gasteiger partial charge in [-0.1, -0.05) is 0 Å². The van der Waals surface area contributed by atoms with E-state index in [9.17, 15) is 4.79 Å². The normalized spacial score (nSPS) is 34.6. The van der Waals surface area contributed by atoms with Crippen molar-refractivity contribution in [2.24, 2.45) is 5.41 Å². The third-order valence-corrected chi connectivity index (χ3v) is 4.62. The molecule has 1 amide bonds. The lowest BCUT2D eigenvalue weighted by atomic mass is 9.88. The molecule has 1 aliphatic carbocycles. The predicted octanol–water partition coefficient (Wildman–Crippen LogP) is 1.09. The second-order valence-electron chi connectivity index (χ2n) is 6.08. The van der Waals surface area contributed by atoms with Crippen LogP contribution in [-0.4, -0.2) is 34.6 Å². The molecular weight excluding hydrogens is 240 g/mol. The third-order valence-electron chi connectivity index (χ3n) is 4.62. The van der Waals surface area contributed by atoms with Gasteiger partial charge in [0.25, 0.3) is 0 Å². The molecule has 5 heteroatoms. The highest BCUT2D eigenvalue weighted by Gasteiger charge is 2.39. The quantitative estimate of drug-likeness (QED) is 0.857. The molecule has 3 rings (SSSR count). The van der Waals surface area contributed by atoms with Crippen LogP contribution >= 0.6 is 0 Å². The molecular formula is C14H22N4O. The van der Waals surface area contributed by atoms with Crippen molar-refractivity contribution >= 4 is 5.91 Å². The number of nitrogens with zero attached hydrogens (tertiary/aromatic N) is 2. The average molecular weight is 262 g/mol. The summed E-state index contributed by atoms with van der Waals surface area (Å²) in [6.45, 7) is 3.80. The Morgan fingerprint density at radius 1 is 1.53 bits per heavy atom. The van der Waals surface area contributed by atoms with Crippen molar-refractivity contribution in [2.75, 3.05) is 13.1 Å². The molecule has 3 atom stereocenters. The molecule has 0 aromatic carbocycles. The van der Waals surface area contributed by atoms with Gasteiger partial charge in [0, 0.05) is 25.0 Å². The van der Waals surface area contributed by atoms with Crippen LogP contribution in [-0.2, 0) is 4.79 Å². The van der Waals surface area contributed by atoms with Gasteiger partial charge in [-0.25, -0.2) is 4.98 Å². The topological polar surface area (TPSA) is 59.0 Å². The van der Waals surface area contributed by atoms with E-state index in [1.165, 1.54) is 6.42 Å². The van der Waals surface area contributed by atoms with Crippen molar-refractivity contribution in [2.45, 2.75) is 44.7 Å². The second-order valence-corrected chi connectivity index (χ2v) is 6.08. The predicted molar refractivity (Wildman–Crippen MR) is 72.6 cm³/mol. The van der Waals surface area contributed by atoms with Crippen LogP contribution in [0.2, 0.25) is 0 Å². The molecule has 1 saturated carbocycles. The fourth-order valence-electron chi connectivity index (χ4n) is 3.28. The Morgan fingerprint density at radius 2 is 2.42 bits per heavy atom. The molecule has 1 saturated heterocycles. The van der Waals surface area contributed by atoms with Crippen LogP contribution in [0.1, 0.15) is 38.6 Å². The summed E-state index contributed by atoms with van der Waals surface area (Å²) >= 11 is 0. The summed E-state index contributed by atoms with van der Waals surface area (Å²) in [5, 5.41) is 6.55. The molecule has 2 aliphatic rings. The SMILES string of the molecule is CC1(C(=O)NC2CCCC2n2ccnc2)CCNC1. The minimum atomic E-state index is -0.234. The van der Waals surface area contributed by atoms with E-state index in [-0.39, 0.29) is 17.4 Å². The first-order chi connectivity index (χ1) is 9.19. The summed E-state index contributed by atoms with van der Waals surface area (Å²) in [6.07, 6.45) is 9.94. The maximum atomic E-state index is 12.5. The van der Waals surface area contributed by atoms with E-state index in [4.69, 9.17) is 0 Å². The minimum absolute atomic E-state index is 0.203. The lowest BCUT2D eigenvalue weighted by molar-refractivity contribution is -0.130. The van der Waals surface area contributed by atoms with Crippen molar-refractivity contribution < 1.29 is 4.79 Å². The highest BCUT2D eigenvalue weighted by Crippen LogP contribution is 2.32. The van der Waals surface area contributed by atoms with Crippen molar-refractivity contribution in [3.63, 3.8) is 0 Å². The van der Waals surface area contributed by atoms with Gasteiger partial charge in [-0.05, 0) is 39.2 Å². The largest absolute Gasteiger partial charge is 0.351 e. The molecule has 3 unspecified atom stereocenters. The summed E-state index contributed by atoms with van der Waals surface area (Å²) in [6, 6.07) is 0.614. The van der Waals surface area contributed by atoms with Gasteiger partial charge in [-0.3, -0.25) is 4.79 Å². The number of imidazole rings is 1. The highest BCUT2D eigenvalue weighted by molar-refractivity contribution is 5.83. The van der Waals surface area contributed by atoms with Gasteiger partial charge in [0.2, 0.25) is 5.91 Å². The molecule has 1 aromatic rings. The molecule has 1 aliphatic heterocycles. The summed E-state index contributed by atoms with van der Waals surface area (Å²) in [5.41, 5.74) is -0.234. The van der Waals surface area contributed by atoms with E-state index in [2.05, 4.69) is 27.1 Å². The molecule has 2 fully saturated rings. The van der Waals surface area contributed by atoms with Crippen LogP contribution in [0, 0.1) is 5.41 Å². The van der Waals surface area contributed by atoms with Crippen LogP contribution in [0.3, 0.4) is 0 Å². The molecule has 5 nitrogen and oxygen atoms in total.